The van der Waals surface area contributed by atoms with Gasteiger partial charge in [0.2, 0.25) is 0 Å². The number of anilines is 2. The second-order valence-electron chi connectivity index (χ2n) is 3.17. The quantitative estimate of drug-likeness (QED) is 0.669. The zero-order valence-electron chi connectivity index (χ0n) is 8.50. The fraction of sp³-hybridized carbons (Fsp3) is 0. The van der Waals surface area contributed by atoms with Crippen molar-refractivity contribution in [3.8, 4) is 0 Å². The van der Waals surface area contributed by atoms with Gasteiger partial charge in [0, 0.05) is 17.8 Å². The highest BCUT2D eigenvalue weighted by atomic mass is 35.5. The minimum Gasteiger partial charge on any atom is -0.339 e. The molecule has 0 aliphatic carbocycles. The number of aromatic nitrogens is 2. The molecule has 0 amide bonds. The fourth-order valence-corrected chi connectivity index (χ4v) is 1.30. The van der Waals surface area contributed by atoms with E-state index in [4.69, 9.17) is 11.6 Å². The fourth-order valence-electron chi connectivity index (χ4n) is 1.20. The molecule has 0 radical (unpaired) electrons. The van der Waals surface area contributed by atoms with Crippen molar-refractivity contribution in [1.29, 1.82) is 0 Å². The molecule has 0 bridgehead atoms. The average molecular weight is 251 g/mol. The normalized spacial score (nSPS) is 9.94. The molecule has 2 rings (SSSR count). The molecule has 0 spiro atoms. The van der Waals surface area contributed by atoms with Gasteiger partial charge >= 0.3 is 0 Å². The number of nitro groups is 1. The summed E-state index contributed by atoms with van der Waals surface area (Å²) >= 11 is 5.59. The van der Waals surface area contributed by atoms with Gasteiger partial charge < -0.3 is 5.32 Å². The van der Waals surface area contributed by atoms with E-state index in [2.05, 4.69) is 15.5 Å². The van der Waals surface area contributed by atoms with E-state index in [0.29, 0.717) is 16.7 Å². The molecule has 0 saturated carbocycles. The molecule has 0 aliphatic heterocycles. The van der Waals surface area contributed by atoms with Gasteiger partial charge in [0.15, 0.2) is 11.0 Å². The summed E-state index contributed by atoms with van der Waals surface area (Å²) in [6.07, 6.45) is 0. The second kappa shape index (κ2) is 4.75. The van der Waals surface area contributed by atoms with Crippen molar-refractivity contribution in [2.24, 2.45) is 0 Å². The molecule has 7 heteroatoms. The van der Waals surface area contributed by atoms with Gasteiger partial charge in [0.1, 0.15) is 0 Å². The SMILES string of the molecule is O=[N+]([O-])c1ccc(Nc2ccc(Cl)nn2)cc1. The molecule has 2 aromatic rings. The molecule has 0 unspecified atom stereocenters. The molecule has 1 heterocycles. The van der Waals surface area contributed by atoms with E-state index in [0.717, 1.165) is 0 Å². The molecule has 1 aromatic heterocycles. The van der Waals surface area contributed by atoms with E-state index in [-0.39, 0.29) is 5.69 Å². The standard InChI is InChI=1S/C10H7ClN4O2/c11-9-5-6-10(14-13-9)12-7-1-3-8(4-2-7)15(16)17/h1-6H,(H,12,14). The van der Waals surface area contributed by atoms with Crippen LogP contribution in [-0.4, -0.2) is 15.1 Å². The molecule has 0 saturated heterocycles. The topological polar surface area (TPSA) is 81.0 Å². The Morgan fingerprint density at radius 3 is 2.35 bits per heavy atom. The maximum Gasteiger partial charge on any atom is 0.269 e. The lowest BCUT2D eigenvalue weighted by molar-refractivity contribution is -0.384. The maximum absolute atomic E-state index is 10.5. The molecule has 86 valence electrons. The summed E-state index contributed by atoms with van der Waals surface area (Å²) in [6, 6.07) is 9.26. The van der Waals surface area contributed by atoms with E-state index in [1.165, 1.54) is 12.1 Å². The molecular weight excluding hydrogens is 244 g/mol. The first-order valence-electron chi connectivity index (χ1n) is 4.66. The van der Waals surface area contributed by atoms with Crippen LogP contribution in [0.1, 0.15) is 0 Å². The number of hydrogen-bond donors (Lipinski definition) is 1. The Labute approximate surface area is 101 Å². The molecule has 0 atom stereocenters. The summed E-state index contributed by atoms with van der Waals surface area (Å²) in [4.78, 5) is 10.0. The number of non-ortho nitro benzene ring substituents is 1. The van der Waals surface area contributed by atoms with Crippen molar-refractivity contribution in [3.63, 3.8) is 0 Å². The van der Waals surface area contributed by atoms with Gasteiger partial charge in [-0.1, -0.05) is 11.6 Å². The van der Waals surface area contributed by atoms with Crippen LogP contribution in [0.4, 0.5) is 17.2 Å². The van der Waals surface area contributed by atoms with Crippen LogP contribution in [0.25, 0.3) is 0 Å². The average Bonchev–Trinajstić information content (AvgIpc) is 2.33. The summed E-state index contributed by atoms with van der Waals surface area (Å²) in [5.74, 6) is 0.517. The Morgan fingerprint density at radius 1 is 1.12 bits per heavy atom. The van der Waals surface area contributed by atoms with E-state index in [9.17, 15) is 10.1 Å². The third-order valence-electron chi connectivity index (χ3n) is 1.98. The highest BCUT2D eigenvalue weighted by molar-refractivity contribution is 6.29. The zero-order chi connectivity index (χ0) is 12.3. The van der Waals surface area contributed by atoms with Crippen molar-refractivity contribution >= 4 is 28.8 Å². The summed E-state index contributed by atoms with van der Waals surface area (Å²) in [5.41, 5.74) is 0.727. The Hall–Kier alpha value is -2.21. The summed E-state index contributed by atoms with van der Waals surface area (Å²) in [7, 11) is 0. The van der Waals surface area contributed by atoms with Crippen molar-refractivity contribution in [3.05, 3.63) is 51.7 Å². The predicted molar refractivity (Wildman–Crippen MR) is 63.4 cm³/mol. The van der Waals surface area contributed by atoms with Crippen LogP contribution in [0.3, 0.4) is 0 Å². The monoisotopic (exact) mass is 250 g/mol. The number of nitrogens with one attached hydrogen (secondary N) is 1. The van der Waals surface area contributed by atoms with Gasteiger partial charge in [-0.3, -0.25) is 10.1 Å². The zero-order valence-corrected chi connectivity index (χ0v) is 9.26. The Kier molecular flexibility index (Phi) is 3.15. The number of hydrogen-bond acceptors (Lipinski definition) is 5. The van der Waals surface area contributed by atoms with E-state index >= 15 is 0 Å². The lowest BCUT2D eigenvalue weighted by Crippen LogP contribution is -1.95. The molecule has 1 N–H and O–H groups in total. The van der Waals surface area contributed by atoms with Crippen LogP contribution in [0, 0.1) is 10.1 Å². The first-order chi connectivity index (χ1) is 8.15. The minimum absolute atomic E-state index is 0.0396. The Morgan fingerprint density at radius 2 is 1.82 bits per heavy atom. The molecule has 0 fully saturated rings. The second-order valence-corrected chi connectivity index (χ2v) is 3.56. The lowest BCUT2D eigenvalue weighted by Gasteiger charge is -2.03. The largest absolute Gasteiger partial charge is 0.339 e. The number of nitrogens with zero attached hydrogens (tertiary/aromatic N) is 3. The first-order valence-corrected chi connectivity index (χ1v) is 5.03. The van der Waals surface area contributed by atoms with Crippen molar-refractivity contribution in [1.82, 2.24) is 10.2 Å². The Balaban J connectivity index is 2.13. The third kappa shape index (κ3) is 2.88. The first kappa shape index (κ1) is 11.3. The Bertz CT molecular complexity index is 527. The third-order valence-corrected chi connectivity index (χ3v) is 2.18. The number of rotatable bonds is 3. The molecule has 17 heavy (non-hydrogen) atoms. The molecule has 6 nitrogen and oxygen atoms in total. The van der Waals surface area contributed by atoms with Gasteiger partial charge in [-0.2, -0.15) is 0 Å². The van der Waals surface area contributed by atoms with E-state index in [1.807, 2.05) is 0 Å². The summed E-state index contributed by atoms with van der Waals surface area (Å²) in [5, 5.41) is 21.2. The van der Waals surface area contributed by atoms with Crippen molar-refractivity contribution in [2.75, 3.05) is 5.32 Å². The van der Waals surface area contributed by atoms with E-state index < -0.39 is 4.92 Å². The van der Waals surface area contributed by atoms with Crippen molar-refractivity contribution < 1.29 is 4.92 Å². The van der Waals surface area contributed by atoms with E-state index in [1.54, 1.807) is 24.3 Å². The van der Waals surface area contributed by atoms with Crippen LogP contribution in [-0.2, 0) is 0 Å². The summed E-state index contributed by atoms with van der Waals surface area (Å²) < 4.78 is 0. The van der Waals surface area contributed by atoms with Gasteiger partial charge in [0.25, 0.3) is 5.69 Å². The van der Waals surface area contributed by atoms with Crippen LogP contribution in [0.5, 0.6) is 0 Å². The highest BCUT2D eigenvalue weighted by Gasteiger charge is 2.04. The van der Waals surface area contributed by atoms with Gasteiger partial charge in [-0.05, 0) is 24.3 Å². The summed E-state index contributed by atoms with van der Waals surface area (Å²) in [6.45, 7) is 0. The van der Waals surface area contributed by atoms with Crippen LogP contribution < -0.4 is 5.32 Å². The van der Waals surface area contributed by atoms with Gasteiger partial charge in [-0.15, -0.1) is 10.2 Å². The van der Waals surface area contributed by atoms with Crippen LogP contribution >= 0.6 is 11.6 Å². The smallest absolute Gasteiger partial charge is 0.269 e. The molecule has 1 aromatic carbocycles. The predicted octanol–water partition coefficient (Wildman–Crippen LogP) is 2.78. The molecule has 0 aliphatic rings. The number of nitro benzene ring substituents is 1. The maximum atomic E-state index is 10.5. The highest BCUT2D eigenvalue weighted by Crippen LogP contribution is 2.18. The number of halogens is 1. The minimum atomic E-state index is -0.453. The number of benzene rings is 1. The van der Waals surface area contributed by atoms with Crippen LogP contribution in [0.2, 0.25) is 5.15 Å². The van der Waals surface area contributed by atoms with Gasteiger partial charge in [0.05, 0.1) is 4.92 Å². The van der Waals surface area contributed by atoms with Crippen LogP contribution in [0.15, 0.2) is 36.4 Å². The van der Waals surface area contributed by atoms with Gasteiger partial charge in [-0.25, -0.2) is 0 Å². The van der Waals surface area contributed by atoms with Crippen molar-refractivity contribution in [2.45, 2.75) is 0 Å². The lowest BCUT2D eigenvalue weighted by atomic mass is 10.3. The molecular formula is C10H7ClN4O2.